The molecule has 0 radical (unpaired) electrons. The van der Waals surface area contributed by atoms with Gasteiger partial charge in [0.2, 0.25) is 17.7 Å². The van der Waals surface area contributed by atoms with Crippen LogP contribution in [0.4, 0.5) is 5.69 Å². The van der Waals surface area contributed by atoms with Gasteiger partial charge in [0, 0.05) is 44.6 Å². The number of rotatable bonds is 15. The van der Waals surface area contributed by atoms with Crippen molar-refractivity contribution in [2.45, 2.75) is 85.1 Å². The van der Waals surface area contributed by atoms with E-state index in [1.54, 1.807) is 16.2 Å². The van der Waals surface area contributed by atoms with Gasteiger partial charge in [0.05, 0.1) is 15.9 Å². The summed E-state index contributed by atoms with van der Waals surface area (Å²) in [5.74, 6) is 0.426. The third-order valence-corrected chi connectivity index (χ3v) is 9.35. The lowest BCUT2D eigenvalue weighted by Gasteiger charge is -2.27. The van der Waals surface area contributed by atoms with E-state index < -0.39 is 0 Å². The molecule has 2 heterocycles. The number of nitrogens with one attached hydrogen (secondary N) is 2. The second kappa shape index (κ2) is 15.8. The van der Waals surface area contributed by atoms with E-state index in [-0.39, 0.29) is 41.9 Å². The number of fused-ring (bicyclic) bond motifs is 1. The van der Waals surface area contributed by atoms with Gasteiger partial charge in [0.25, 0.3) is 0 Å². The molecule has 1 saturated carbocycles. The van der Waals surface area contributed by atoms with Gasteiger partial charge >= 0.3 is 0 Å². The summed E-state index contributed by atoms with van der Waals surface area (Å²) in [6.07, 6.45) is 7.73. The fourth-order valence-corrected chi connectivity index (χ4v) is 6.94. The first-order chi connectivity index (χ1) is 20.8. The molecular formula is C34H46N4O4S. The van der Waals surface area contributed by atoms with Gasteiger partial charge in [-0.15, -0.1) is 11.3 Å². The Balaban J connectivity index is 1.27. The van der Waals surface area contributed by atoms with Gasteiger partial charge in [0.1, 0.15) is 6.54 Å². The minimum absolute atomic E-state index is 0.00492. The molecule has 1 aliphatic carbocycles. The molecule has 43 heavy (non-hydrogen) atoms. The lowest BCUT2D eigenvalue weighted by atomic mass is 9.79. The number of aromatic nitrogens is 1. The molecule has 232 valence electrons. The van der Waals surface area contributed by atoms with E-state index in [1.807, 2.05) is 60.2 Å². The number of unbranched alkanes of at least 4 members (excludes halogenated alkanes) is 3. The zero-order chi connectivity index (χ0) is 30.8. The molecule has 0 bridgehead atoms. The van der Waals surface area contributed by atoms with Crippen LogP contribution in [0.1, 0.15) is 87.7 Å². The van der Waals surface area contributed by atoms with E-state index >= 15 is 0 Å². The highest BCUT2D eigenvalue weighted by Crippen LogP contribution is 2.33. The van der Waals surface area contributed by atoms with Gasteiger partial charge in [-0.05, 0) is 93.5 Å². The van der Waals surface area contributed by atoms with Gasteiger partial charge in [-0.3, -0.25) is 19.2 Å². The number of likely N-dealkylation sites (N-methyl/N-ethyl adjacent to an activating group) is 1. The Kier molecular flexibility index (Phi) is 12.0. The van der Waals surface area contributed by atoms with Crippen molar-refractivity contribution in [3.8, 4) is 0 Å². The molecule has 9 heteroatoms. The Labute approximate surface area is 259 Å². The maximum absolute atomic E-state index is 13.6. The first-order valence-electron chi connectivity index (χ1n) is 15.8. The molecule has 0 spiro atoms. The van der Waals surface area contributed by atoms with Gasteiger partial charge in [0.15, 0.2) is 5.78 Å². The van der Waals surface area contributed by atoms with Crippen LogP contribution in [-0.2, 0) is 20.9 Å². The van der Waals surface area contributed by atoms with E-state index in [9.17, 15) is 19.2 Å². The summed E-state index contributed by atoms with van der Waals surface area (Å²) in [6.45, 7) is 7.57. The number of hydrogen-bond donors (Lipinski definition) is 2. The van der Waals surface area contributed by atoms with Crippen molar-refractivity contribution in [2.24, 2.45) is 11.8 Å². The van der Waals surface area contributed by atoms with Gasteiger partial charge in [-0.1, -0.05) is 25.0 Å². The second-order valence-electron chi connectivity index (χ2n) is 11.8. The molecule has 2 aromatic heterocycles. The molecule has 3 amide bonds. The number of carbonyl (C=O) groups excluding carboxylic acids is 4. The Morgan fingerprint density at radius 3 is 2.35 bits per heavy atom. The molecule has 0 unspecified atom stereocenters. The SMILES string of the molecule is CCN(C(=O)Cn1c(C(=O)CC2CCC(C(=O)NCCCCCCNC(C)=O)CC2)cc2sccc21)c1cccc(C)c1. The lowest BCUT2D eigenvalue weighted by molar-refractivity contribution is -0.126. The van der Waals surface area contributed by atoms with Crippen molar-refractivity contribution < 1.29 is 19.2 Å². The molecule has 1 fully saturated rings. The van der Waals surface area contributed by atoms with Gasteiger partial charge in [-0.25, -0.2) is 0 Å². The van der Waals surface area contributed by atoms with Crippen molar-refractivity contribution in [1.29, 1.82) is 0 Å². The Morgan fingerprint density at radius 1 is 0.953 bits per heavy atom. The number of carbonyl (C=O) groups is 4. The molecule has 3 aromatic rings. The monoisotopic (exact) mass is 606 g/mol. The molecule has 8 nitrogen and oxygen atoms in total. The number of ketones is 1. The predicted octanol–water partition coefficient (Wildman–Crippen LogP) is 6.26. The summed E-state index contributed by atoms with van der Waals surface area (Å²) in [7, 11) is 0. The predicted molar refractivity (Wildman–Crippen MR) is 174 cm³/mol. The first kappa shape index (κ1) is 32.5. The molecule has 0 atom stereocenters. The summed E-state index contributed by atoms with van der Waals surface area (Å²) >= 11 is 1.59. The lowest BCUT2D eigenvalue weighted by Crippen LogP contribution is -2.35. The molecule has 0 aliphatic heterocycles. The van der Waals surface area contributed by atoms with Crippen LogP contribution in [0.25, 0.3) is 10.2 Å². The highest BCUT2D eigenvalue weighted by Gasteiger charge is 2.29. The molecule has 2 N–H and O–H groups in total. The average Bonchev–Trinajstić information content (AvgIpc) is 3.58. The molecule has 1 aromatic carbocycles. The summed E-state index contributed by atoms with van der Waals surface area (Å²) in [5, 5.41) is 7.90. The standard InChI is InChI=1S/C34H46N4O4S/c1-4-37(28-11-9-10-24(2)20-28)33(41)23-38-29-16-19-43-32(29)22-30(38)31(40)21-26-12-14-27(15-13-26)34(42)36-18-8-6-5-7-17-35-25(3)39/h9-11,16,19-20,22,26-27H,4-8,12-15,17-18,21,23H2,1-3H3,(H,35,39)(H,36,42). The van der Waals surface area contributed by atoms with E-state index in [4.69, 9.17) is 0 Å². The molecule has 0 saturated heterocycles. The van der Waals surface area contributed by atoms with Crippen LogP contribution in [0.5, 0.6) is 0 Å². The number of amides is 3. The van der Waals surface area contributed by atoms with Crippen LogP contribution in [0, 0.1) is 18.8 Å². The number of aryl methyl sites for hydroxylation is 1. The van der Waals surface area contributed by atoms with E-state index in [1.165, 1.54) is 6.92 Å². The highest BCUT2D eigenvalue weighted by atomic mass is 32.1. The number of hydrogen-bond acceptors (Lipinski definition) is 5. The second-order valence-corrected chi connectivity index (χ2v) is 12.7. The van der Waals surface area contributed by atoms with E-state index in [0.29, 0.717) is 31.7 Å². The zero-order valence-electron chi connectivity index (χ0n) is 25.8. The number of benzene rings is 1. The summed E-state index contributed by atoms with van der Waals surface area (Å²) in [4.78, 5) is 52.5. The van der Waals surface area contributed by atoms with Crippen molar-refractivity contribution >= 4 is 50.7 Å². The fraction of sp³-hybridized carbons (Fsp3) is 0.529. The van der Waals surface area contributed by atoms with Crippen LogP contribution >= 0.6 is 11.3 Å². The average molecular weight is 607 g/mol. The fourth-order valence-electron chi connectivity index (χ4n) is 6.12. The van der Waals surface area contributed by atoms with Crippen molar-refractivity contribution in [3.63, 3.8) is 0 Å². The Morgan fingerprint density at radius 2 is 1.67 bits per heavy atom. The maximum atomic E-state index is 13.6. The molecule has 4 rings (SSSR count). The summed E-state index contributed by atoms with van der Waals surface area (Å²) in [5.41, 5.74) is 3.50. The minimum Gasteiger partial charge on any atom is -0.356 e. The molecule has 1 aliphatic rings. The summed E-state index contributed by atoms with van der Waals surface area (Å²) in [6, 6.07) is 11.9. The zero-order valence-corrected chi connectivity index (χ0v) is 26.6. The Hall–Kier alpha value is -3.46. The van der Waals surface area contributed by atoms with E-state index in [0.717, 1.165) is 72.8 Å². The minimum atomic E-state index is -0.0395. The number of Topliss-reactive ketones (excluding diaryl/α,β-unsaturated/α-hetero) is 1. The van der Waals surface area contributed by atoms with Crippen molar-refractivity contribution in [3.05, 3.63) is 53.0 Å². The van der Waals surface area contributed by atoms with Crippen LogP contribution < -0.4 is 15.5 Å². The third-order valence-electron chi connectivity index (χ3n) is 8.50. The number of nitrogens with zero attached hydrogens (tertiary/aromatic N) is 2. The van der Waals surface area contributed by atoms with Crippen molar-refractivity contribution in [1.82, 2.24) is 15.2 Å². The van der Waals surface area contributed by atoms with Crippen LogP contribution in [0.2, 0.25) is 0 Å². The van der Waals surface area contributed by atoms with Crippen LogP contribution in [-0.4, -0.2) is 47.7 Å². The van der Waals surface area contributed by atoms with Gasteiger partial charge in [-0.2, -0.15) is 0 Å². The normalized spacial score (nSPS) is 16.6. The highest BCUT2D eigenvalue weighted by molar-refractivity contribution is 7.17. The topological polar surface area (TPSA) is 101 Å². The van der Waals surface area contributed by atoms with Gasteiger partial charge < -0.3 is 20.1 Å². The first-order valence-corrected chi connectivity index (χ1v) is 16.6. The summed E-state index contributed by atoms with van der Waals surface area (Å²) < 4.78 is 2.91. The quantitative estimate of drug-likeness (QED) is 0.158. The smallest absolute Gasteiger partial charge is 0.246 e. The number of anilines is 1. The Bertz CT molecular complexity index is 1400. The van der Waals surface area contributed by atoms with Crippen LogP contribution in [0.15, 0.2) is 41.8 Å². The maximum Gasteiger partial charge on any atom is 0.246 e. The number of thiophene rings is 1. The largest absolute Gasteiger partial charge is 0.356 e. The van der Waals surface area contributed by atoms with Crippen molar-refractivity contribution in [2.75, 3.05) is 24.5 Å². The van der Waals surface area contributed by atoms with Crippen LogP contribution in [0.3, 0.4) is 0 Å². The van der Waals surface area contributed by atoms with E-state index in [2.05, 4.69) is 10.6 Å². The third kappa shape index (κ3) is 9.02. The molecular weight excluding hydrogens is 560 g/mol.